The molecule has 0 aliphatic carbocycles. The molecule has 3 atom stereocenters. The quantitative estimate of drug-likeness (QED) is 0.547. The molecular formula is C8H17O3. The van der Waals surface area contributed by atoms with E-state index >= 15 is 0 Å². The SMILES string of the molecule is CCC(O)([CH]C(C)O)C(C)O. The van der Waals surface area contributed by atoms with Gasteiger partial charge in [0.05, 0.1) is 17.8 Å². The highest BCUT2D eigenvalue weighted by Crippen LogP contribution is 2.20. The number of aliphatic hydroxyl groups excluding tert-OH is 2. The van der Waals surface area contributed by atoms with Gasteiger partial charge >= 0.3 is 0 Å². The number of hydrogen-bond donors (Lipinski definition) is 3. The second-order valence-electron chi connectivity index (χ2n) is 2.93. The molecule has 0 heterocycles. The number of aliphatic hydroxyl groups is 3. The van der Waals surface area contributed by atoms with Crippen LogP contribution in [0.5, 0.6) is 0 Å². The maximum absolute atomic E-state index is 9.60. The maximum atomic E-state index is 9.60. The van der Waals surface area contributed by atoms with Crippen molar-refractivity contribution in [2.24, 2.45) is 0 Å². The lowest BCUT2D eigenvalue weighted by Gasteiger charge is -2.30. The van der Waals surface area contributed by atoms with E-state index in [4.69, 9.17) is 10.2 Å². The fourth-order valence-electron chi connectivity index (χ4n) is 0.970. The average Bonchev–Trinajstić information content (AvgIpc) is 1.86. The van der Waals surface area contributed by atoms with Crippen molar-refractivity contribution in [2.45, 2.75) is 45.0 Å². The third kappa shape index (κ3) is 3.18. The molecule has 67 valence electrons. The molecule has 11 heavy (non-hydrogen) atoms. The summed E-state index contributed by atoms with van der Waals surface area (Å²) < 4.78 is 0. The van der Waals surface area contributed by atoms with Crippen molar-refractivity contribution in [3.8, 4) is 0 Å². The van der Waals surface area contributed by atoms with E-state index in [1.54, 1.807) is 13.8 Å². The van der Waals surface area contributed by atoms with Gasteiger partial charge in [0.2, 0.25) is 0 Å². The third-order valence-electron chi connectivity index (χ3n) is 1.82. The molecule has 0 spiro atoms. The Morgan fingerprint density at radius 3 is 1.91 bits per heavy atom. The minimum Gasteiger partial charge on any atom is -0.393 e. The van der Waals surface area contributed by atoms with Crippen LogP contribution in [0.15, 0.2) is 0 Å². The van der Waals surface area contributed by atoms with Crippen LogP contribution in [0, 0.1) is 6.42 Å². The predicted molar refractivity (Wildman–Crippen MR) is 42.9 cm³/mol. The molecule has 0 fully saturated rings. The van der Waals surface area contributed by atoms with Crippen LogP contribution >= 0.6 is 0 Å². The van der Waals surface area contributed by atoms with Crippen molar-refractivity contribution in [1.82, 2.24) is 0 Å². The first-order valence-corrected chi connectivity index (χ1v) is 3.87. The zero-order valence-electron chi connectivity index (χ0n) is 7.28. The lowest BCUT2D eigenvalue weighted by Crippen LogP contribution is -2.43. The summed E-state index contributed by atoms with van der Waals surface area (Å²) in [6.07, 6.45) is 0.199. The van der Waals surface area contributed by atoms with E-state index in [9.17, 15) is 5.11 Å². The Balaban J connectivity index is 4.10. The van der Waals surface area contributed by atoms with E-state index in [1.165, 1.54) is 13.3 Å². The molecule has 0 rings (SSSR count). The second kappa shape index (κ2) is 4.04. The summed E-state index contributed by atoms with van der Waals surface area (Å²) >= 11 is 0. The van der Waals surface area contributed by atoms with Crippen LogP contribution in [0.3, 0.4) is 0 Å². The molecule has 3 unspecified atom stereocenters. The molecule has 3 heteroatoms. The van der Waals surface area contributed by atoms with Gasteiger partial charge in [0.15, 0.2) is 0 Å². The highest BCUT2D eigenvalue weighted by atomic mass is 16.3. The minimum absolute atomic E-state index is 0.398. The molecule has 3 N–H and O–H groups in total. The predicted octanol–water partition coefficient (Wildman–Crippen LogP) is 0.0934. The molecule has 0 amide bonds. The van der Waals surface area contributed by atoms with Crippen molar-refractivity contribution in [3.05, 3.63) is 6.42 Å². The van der Waals surface area contributed by atoms with Gasteiger partial charge in [-0.1, -0.05) is 6.92 Å². The molecule has 0 aromatic heterocycles. The van der Waals surface area contributed by atoms with Crippen LogP contribution in [0.1, 0.15) is 27.2 Å². The number of hydrogen-bond acceptors (Lipinski definition) is 3. The Bertz CT molecular complexity index is 112. The highest BCUT2D eigenvalue weighted by Gasteiger charge is 2.32. The Kier molecular flexibility index (Phi) is 4.00. The first kappa shape index (κ1) is 10.9. The molecule has 0 aromatic rings. The van der Waals surface area contributed by atoms with E-state index in [1.807, 2.05) is 0 Å². The summed E-state index contributed by atoms with van der Waals surface area (Å²) in [4.78, 5) is 0. The van der Waals surface area contributed by atoms with Crippen molar-refractivity contribution < 1.29 is 15.3 Å². The minimum atomic E-state index is -1.26. The fourth-order valence-corrected chi connectivity index (χ4v) is 0.970. The molecule has 3 nitrogen and oxygen atoms in total. The van der Waals surface area contributed by atoms with Gasteiger partial charge < -0.3 is 15.3 Å². The van der Waals surface area contributed by atoms with Gasteiger partial charge in [-0.3, -0.25) is 0 Å². The van der Waals surface area contributed by atoms with Crippen LogP contribution in [0.25, 0.3) is 0 Å². The van der Waals surface area contributed by atoms with Gasteiger partial charge in [-0.05, 0) is 20.3 Å². The summed E-state index contributed by atoms with van der Waals surface area (Å²) in [5.41, 5.74) is -1.26. The lowest BCUT2D eigenvalue weighted by molar-refractivity contribution is -0.0560. The Hall–Kier alpha value is -0.120. The van der Waals surface area contributed by atoms with E-state index in [0.717, 1.165) is 0 Å². The van der Waals surface area contributed by atoms with E-state index in [-0.39, 0.29) is 0 Å². The van der Waals surface area contributed by atoms with Crippen LogP contribution in [-0.4, -0.2) is 33.1 Å². The first-order chi connectivity index (χ1) is 4.92. The van der Waals surface area contributed by atoms with E-state index in [2.05, 4.69) is 0 Å². The van der Waals surface area contributed by atoms with Crippen molar-refractivity contribution >= 4 is 0 Å². The lowest BCUT2D eigenvalue weighted by atomic mass is 9.89. The highest BCUT2D eigenvalue weighted by molar-refractivity contribution is 4.98. The van der Waals surface area contributed by atoms with Crippen molar-refractivity contribution in [1.29, 1.82) is 0 Å². The Morgan fingerprint density at radius 2 is 1.82 bits per heavy atom. The van der Waals surface area contributed by atoms with E-state index < -0.39 is 17.8 Å². The summed E-state index contributed by atoms with van der Waals surface area (Å²) in [6.45, 7) is 4.80. The van der Waals surface area contributed by atoms with Crippen LogP contribution in [-0.2, 0) is 0 Å². The van der Waals surface area contributed by atoms with Crippen molar-refractivity contribution in [3.63, 3.8) is 0 Å². The summed E-state index contributed by atoms with van der Waals surface area (Å²) in [5.74, 6) is 0. The third-order valence-corrected chi connectivity index (χ3v) is 1.82. The molecule has 1 radical (unpaired) electrons. The molecule has 0 aliphatic rings. The molecule has 0 saturated carbocycles. The van der Waals surface area contributed by atoms with Crippen LogP contribution in [0.4, 0.5) is 0 Å². The van der Waals surface area contributed by atoms with Gasteiger partial charge in [0, 0.05) is 6.42 Å². The van der Waals surface area contributed by atoms with Crippen LogP contribution < -0.4 is 0 Å². The summed E-state index contributed by atoms with van der Waals surface area (Å²) in [6, 6.07) is 0. The normalized spacial score (nSPS) is 22.4. The zero-order valence-corrected chi connectivity index (χ0v) is 7.28. The summed E-state index contributed by atoms with van der Waals surface area (Å²) in [5, 5.41) is 27.7. The first-order valence-electron chi connectivity index (χ1n) is 3.87. The average molecular weight is 161 g/mol. The van der Waals surface area contributed by atoms with Gasteiger partial charge in [0.1, 0.15) is 0 Å². The van der Waals surface area contributed by atoms with E-state index in [0.29, 0.717) is 6.42 Å². The Labute approximate surface area is 67.7 Å². The van der Waals surface area contributed by atoms with Gasteiger partial charge in [-0.2, -0.15) is 0 Å². The van der Waals surface area contributed by atoms with Crippen molar-refractivity contribution in [2.75, 3.05) is 0 Å². The van der Waals surface area contributed by atoms with Gasteiger partial charge in [-0.15, -0.1) is 0 Å². The zero-order chi connectivity index (χ0) is 9.07. The molecular weight excluding hydrogens is 144 g/mol. The van der Waals surface area contributed by atoms with Gasteiger partial charge in [-0.25, -0.2) is 0 Å². The van der Waals surface area contributed by atoms with Gasteiger partial charge in [0.25, 0.3) is 0 Å². The smallest absolute Gasteiger partial charge is 0.0957 e. The monoisotopic (exact) mass is 161 g/mol. The Morgan fingerprint density at radius 1 is 1.36 bits per heavy atom. The molecule has 0 bridgehead atoms. The molecule has 0 aliphatic heterocycles. The largest absolute Gasteiger partial charge is 0.393 e. The van der Waals surface area contributed by atoms with Crippen LogP contribution in [0.2, 0.25) is 0 Å². The topological polar surface area (TPSA) is 60.7 Å². The number of rotatable bonds is 4. The molecule has 0 saturated heterocycles. The standard InChI is InChI=1S/C8H17O3/c1-4-8(11,7(3)10)5-6(2)9/h5-7,9-11H,4H2,1-3H3. The molecule has 0 aromatic carbocycles. The maximum Gasteiger partial charge on any atom is 0.0957 e. The second-order valence-corrected chi connectivity index (χ2v) is 2.93. The fraction of sp³-hybridized carbons (Fsp3) is 0.875. The summed E-state index contributed by atoms with van der Waals surface area (Å²) in [7, 11) is 0.